The molecule has 0 aliphatic rings. The number of hydrogen-bond acceptors (Lipinski definition) is 6. The van der Waals surface area contributed by atoms with Crippen molar-refractivity contribution in [2.75, 3.05) is 7.05 Å². The zero-order chi connectivity index (χ0) is 16.2. The SMILES string of the molecule is CNC(C)Cc1noc(Cc2csc(-c3ccc(C)cc3)n2)n1. The molecule has 0 bridgehead atoms. The third-order valence-corrected chi connectivity index (χ3v) is 4.61. The summed E-state index contributed by atoms with van der Waals surface area (Å²) in [5, 5.41) is 10.3. The second-order valence-electron chi connectivity index (χ2n) is 5.68. The van der Waals surface area contributed by atoms with Crippen LogP contribution >= 0.6 is 11.3 Å². The van der Waals surface area contributed by atoms with Gasteiger partial charge in [0.2, 0.25) is 5.89 Å². The Bertz CT molecular complexity index is 763. The van der Waals surface area contributed by atoms with Crippen molar-refractivity contribution in [1.82, 2.24) is 20.4 Å². The maximum atomic E-state index is 5.32. The van der Waals surface area contributed by atoms with E-state index in [2.05, 4.69) is 63.9 Å². The number of aryl methyl sites for hydroxylation is 1. The first-order valence-corrected chi connectivity index (χ1v) is 8.52. The topological polar surface area (TPSA) is 63.8 Å². The van der Waals surface area contributed by atoms with Crippen LogP contribution in [0.3, 0.4) is 0 Å². The first kappa shape index (κ1) is 15.8. The molecule has 0 saturated heterocycles. The molecular weight excluding hydrogens is 308 g/mol. The van der Waals surface area contributed by atoms with Gasteiger partial charge in [0.15, 0.2) is 5.82 Å². The fourth-order valence-corrected chi connectivity index (χ4v) is 3.02. The summed E-state index contributed by atoms with van der Waals surface area (Å²) >= 11 is 1.64. The minimum absolute atomic E-state index is 0.327. The van der Waals surface area contributed by atoms with Crippen LogP contribution in [0.2, 0.25) is 0 Å². The number of hydrogen-bond donors (Lipinski definition) is 1. The highest BCUT2D eigenvalue weighted by Gasteiger charge is 2.12. The Kier molecular flexibility index (Phi) is 4.83. The van der Waals surface area contributed by atoms with Gasteiger partial charge in [0.1, 0.15) is 5.01 Å². The molecule has 0 amide bonds. The first-order valence-electron chi connectivity index (χ1n) is 7.64. The van der Waals surface area contributed by atoms with Crippen molar-refractivity contribution >= 4 is 11.3 Å². The fraction of sp³-hybridized carbons (Fsp3) is 0.353. The van der Waals surface area contributed by atoms with Crippen LogP contribution in [0.5, 0.6) is 0 Å². The van der Waals surface area contributed by atoms with Gasteiger partial charge in [-0.15, -0.1) is 11.3 Å². The summed E-state index contributed by atoms with van der Waals surface area (Å²) in [5.41, 5.74) is 3.35. The molecule has 6 heteroatoms. The minimum atomic E-state index is 0.327. The molecule has 2 heterocycles. The van der Waals surface area contributed by atoms with E-state index in [1.807, 2.05) is 7.05 Å². The second kappa shape index (κ2) is 7.02. The van der Waals surface area contributed by atoms with Crippen LogP contribution in [0.15, 0.2) is 34.2 Å². The maximum Gasteiger partial charge on any atom is 0.232 e. The molecule has 0 spiro atoms. The summed E-state index contributed by atoms with van der Waals surface area (Å²) in [6.45, 7) is 4.17. The Morgan fingerprint density at radius 1 is 1.22 bits per heavy atom. The largest absolute Gasteiger partial charge is 0.339 e. The lowest BCUT2D eigenvalue weighted by Crippen LogP contribution is -2.24. The van der Waals surface area contributed by atoms with Crippen LogP contribution in [0.4, 0.5) is 0 Å². The number of thiazole rings is 1. The summed E-state index contributed by atoms with van der Waals surface area (Å²) in [6.07, 6.45) is 1.33. The average molecular weight is 328 g/mol. The fourth-order valence-electron chi connectivity index (χ4n) is 2.19. The molecule has 2 aromatic heterocycles. The monoisotopic (exact) mass is 328 g/mol. The zero-order valence-electron chi connectivity index (χ0n) is 13.5. The highest BCUT2D eigenvalue weighted by Crippen LogP contribution is 2.24. The standard InChI is InChI=1S/C17H20N4OS/c1-11-4-6-13(7-5-11)17-19-14(10-23-17)9-16-20-15(21-22-16)8-12(2)18-3/h4-7,10,12,18H,8-9H2,1-3H3. The molecular formula is C17H20N4OS. The molecule has 1 atom stereocenters. The molecule has 1 N–H and O–H groups in total. The van der Waals surface area contributed by atoms with Crippen molar-refractivity contribution in [2.24, 2.45) is 0 Å². The van der Waals surface area contributed by atoms with Gasteiger partial charge in [-0.3, -0.25) is 0 Å². The van der Waals surface area contributed by atoms with Crippen molar-refractivity contribution in [2.45, 2.75) is 32.7 Å². The van der Waals surface area contributed by atoms with Gasteiger partial charge < -0.3 is 9.84 Å². The lowest BCUT2D eigenvalue weighted by atomic mass is 10.2. The van der Waals surface area contributed by atoms with Crippen LogP contribution in [0, 0.1) is 6.92 Å². The Balaban J connectivity index is 1.68. The van der Waals surface area contributed by atoms with Crippen molar-refractivity contribution in [3.63, 3.8) is 0 Å². The van der Waals surface area contributed by atoms with E-state index >= 15 is 0 Å². The van der Waals surface area contributed by atoms with E-state index in [1.54, 1.807) is 11.3 Å². The van der Waals surface area contributed by atoms with Gasteiger partial charge in [-0.2, -0.15) is 4.98 Å². The molecule has 3 aromatic rings. The summed E-state index contributed by atoms with van der Waals surface area (Å²) in [4.78, 5) is 9.10. The summed E-state index contributed by atoms with van der Waals surface area (Å²) < 4.78 is 5.32. The molecule has 0 radical (unpaired) electrons. The third kappa shape index (κ3) is 4.03. The molecule has 0 fully saturated rings. The highest BCUT2D eigenvalue weighted by atomic mass is 32.1. The van der Waals surface area contributed by atoms with Gasteiger partial charge in [0.05, 0.1) is 12.1 Å². The predicted octanol–water partition coefficient (Wildman–Crippen LogP) is 3.24. The number of aromatic nitrogens is 3. The Morgan fingerprint density at radius 2 is 2.00 bits per heavy atom. The minimum Gasteiger partial charge on any atom is -0.339 e. The van der Waals surface area contributed by atoms with E-state index in [4.69, 9.17) is 4.52 Å². The molecule has 3 rings (SSSR count). The van der Waals surface area contributed by atoms with Crippen LogP contribution in [0.1, 0.15) is 29.9 Å². The number of nitrogens with zero attached hydrogens (tertiary/aromatic N) is 3. The van der Waals surface area contributed by atoms with E-state index in [0.29, 0.717) is 18.4 Å². The van der Waals surface area contributed by atoms with Crippen LogP contribution < -0.4 is 5.32 Å². The first-order chi connectivity index (χ1) is 11.1. The average Bonchev–Trinajstić information content (AvgIpc) is 3.18. The van der Waals surface area contributed by atoms with E-state index in [-0.39, 0.29) is 0 Å². The quantitative estimate of drug-likeness (QED) is 0.752. The normalized spacial score (nSPS) is 12.5. The van der Waals surface area contributed by atoms with Gasteiger partial charge >= 0.3 is 0 Å². The summed E-state index contributed by atoms with van der Waals surface area (Å²) in [7, 11) is 1.92. The van der Waals surface area contributed by atoms with E-state index in [0.717, 1.165) is 28.5 Å². The van der Waals surface area contributed by atoms with Crippen molar-refractivity contribution < 1.29 is 4.52 Å². The van der Waals surface area contributed by atoms with Gasteiger partial charge in [-0.1, -0.05) is 35.0 Å². The molecule has 23 heavy (non-hydrogen) atoms. The number of rotatable bonds is 6. The lowest BCUT2D eigenvalue weighted by molar-refractivity contribution is 0.376. The molecule has 1 aromatic carbocycles. The molecule has 1 unspecified atom stereocenters. The van der Waals surface area contributed by atoms with Gasteiger partial charge in [-0.05, 0) is 20.9 Å². The smallest absolute Gasteiger partial charge is 0.232 e. The number of likely N-dealkylation sites (N-methyl/N-ethyl adjacent to an activating group) is 1. The lowest BCUT2D eigenvalue weighted by Gasteiger charge is -2.04. The maximum absolute atomic E-state index is 5.32. The Hall–Kier alpha value is -2.05. The molecule has 0 aliphatic heterocycles. The third-order valence-electron chi connectivity index (χ3n) is 3.67. The van der Waals surface area contributed by atoms with Crippen LogP contribution in [-0.4, -0.2) is 28.2 Å². The van der Waals surface area contributed by atoms with Crippen LogP contribution in [-0.2, 0) is 12.8 Å². The van der Waals surface area contributed by atoms with Crippen molar-refractivity contribution in [3.05, 3.63) is 52.6 Å². The number of nitrogens with one attached hydrogen (secondary N) is 1. The van der Waals surface area contributed by atoms with E-state index in [1.165, 1.54) is 5.56 Å². The van der Waals surface area contributed by atoms with Crippen LogP contribution in [0.25, 0.3) is 10.6 Å². The number of benzene rings is 1. The van der Waals surface area contributed by atoms with Gasteiger partial charge in [-0.25, -0.2) is 4.98 Å². The second-order valence-corrected chi connectivity index (χ2v) is 6.54. The van der Waals surface area contributed by atoms with E-state index < -0.39 is 0 Å². The van der Waals surface area contributed by atoms with E-state index in [9.17, 15) is 0 Å². The Morgan fingerprint density at radius 3 is 2.74 bits per heavy atom. The molecule has 0 aliphatic carbocycles. The zero-order valence-corrected chi connectivity index (χ0v) is 14.4. The van der Waals surface area contributed by atoms with Crippen molar-refractivity contribution in [3.8, 4) is 10.6 Å². The highest BCUT2D eigenvalue weighted by molar-refractivity contribution is 7.13. The predicted molar refractivity (Wildman–Crippen MR) is 91.6 cm³/mol. The Labute approximate surface area is 139 Å². The summed E-state index contributed by atoms with van der Waals surface area (Å²) in [6, 6.07) is 8.73. The summed E-state index contributed by atoms with van der Waals surface area (Å²) in [5.74, 6) is 1.35. The van der Waals surface area contributed by atoms with Gasteiger partial charge in [0.25, 0.3) is 0 Å². The molecule has 120 valence electrons. The molecule has 0 saturated carbocycles. The van der Waals surface area contributed by atoms with Gasteiger partial charge in [0, 0.05) is 23.4 Å². The van der Waals surface area contributed by atoms with Crippen molar-refractivity contribution in [1.29, 1.82) is 0 Å². The molecule has 5 nitrogen and oxygen atoms in total.